The smallest absolute Gasteiger partial charge is 0.234 e. The summed E-state index contributed by atoms with van der Waals surface area (Å²) in [4.78, 5) is 12.3. The second-order valence-corrected chi connectivity index (χ2v) is 7.19. The van der Waals surface area contributed by atoms with Crippen molar-refractivity contribution in [2.24, 2.45) is 0 Å². The van der Waals surface area contributed by atoms with Gasteiger partial charge in [-0.1, -0.05) is 72.3 Å². The van der Waals surface area contributed by atoms with Gasteiger partial charge in [-0.15, -0.1) is 11.8 Å². The number of carbonyl (C=O) groups excluding carboxylic acids is 1. The predicted octanol–water partition coefficient (Wildman–Crippen LogP) is 5.94. The van der Waals surface area contributed by atoms with Gasteiger partial charge < -0.3 is 5.32 Å². The van der Waals surface area contributed by atoms with E-state index in [4.69, 9.17) is 11.6 Å². The average molecular weight is 386 g/mol. The summed E-state index contributed by atoms with van der Waals surface area (Å²) in [6.07, 6.45) is 0. The standard InChI is InChI=1S/C21H17ClFNOS/c22-18-13-17(11-12-19(18)23)24-20(25)14-26-21(15-7-3-1-4-8-15)16-9-5-2-6-10-16/h1-13,21H,14H2,(H,24,25). The van der Waals surface area contributed by atoms with Gasteiger partial charge in [-0.3, -0.25) is 4.79 Å². The SMILES string of the molecule is O=C(CSC(c1ccccc1)c1ccccc1)Nc1ccc(F)c(Cl)c1. The van der Waals surface area contributed by atoms with E-state index >= 15 is 0 Å². The Labute approximate surface area is 161 Å². The van der Waals surface area contributed by atoms with E-state index in [0.717, 1.165) is 11.1 Å². The molecule has 26 heavy (non-hydrogen) atoms. The van der Waals surface area contributed by atoms with E-state index in [-0.39, 0.29) is 21.9 Å². The van der Waals surface area contributed by atoms with Crippen molar-refractivity contribution >= 4 is 35.0 Å². The normalized spacial score (nSPS) is 10.7. The molecule has 5 heteroatoms. The zero-order valence-corrected chi connectivity index (χ0v) is 15.4. The molecule has 3 aromatic carbocycles. The van der Waals surface area contributed by atoms with Crippen LogP contribution in [0, 0.1) is 5.82 Å². The molecule has 0 saturated carbocycles. The van der Waals surface area contributed by atoms with Crippen LogP contribution in [0.5, 0.6) is 0 Å². The minimum Gasteiger partial charge on any atom is -0.325 e. The number of nitrogens with one attached hydrogen (secondary N) is 1. The first-order valence-corrected chi connectivity index (χ1v) is 9.52. The Morgan fingerprint density at radius 1 is 0.962 bits per heavy atom. The van der Waals surface area contributed by atoms with Crippen molar-refractivity contribution in [1.82, 2.24) is 0 Å². The highest BCUT2D eigenvalue weighted by Gasteiger charge is 2.16. The Bertz CT molecular complexity index is 834. The van der Waals surface area contributed by atoms with Crippen molar-refractivity contribution in [1.29, 1.82) is 0 Å². The number of benzene rings is 3. The third-order valence-electron chi connectivity index (χ3n) is 3.79. The summed E-state index contributed by atoms with van der Waals surface area (Å²) in [5, 5.41) is 2.80. The number of hydrogen-bond donors (Lipinski definition) is 1. The molecule has 3 rings (SSSR count). The molecule has 0 aliphatic carbocycles. The molecule has 0 aromatic heterocycles. The van der Waals surface area contributed by atoms with Crippen LogP contribution in [0.2, 0.25) is 5.02 Å². The Hall–Kier alpha value is -2.30. The van der Waals surface area contributed by atoms with Crippen LogP contribution < -0.4 is 5.32 Å². The lowest BCUT2D eigenvalue weighted by Crippen LogP contribution is -2.15. The quantitative estimate of drug-likeness (QED) is 0.568. The third kappa shape index (κ3) is 4.87. The topological polar surface area (TPSA) is 29.1 Å². The largest absolute Gasteiger partial charge is 0.325 e. The zero-order chi connectivity index (χ0) is 18.4. The first kappa shape index (κ1) is 18.5. The molecule has 0 saturated heterocycles. The predicted molar refractivity (Wildman–Crippen MR) is 107 cm³/mol. The fourth-order valence-electron chi connectivity index (χ4n) is 2.57. The van der Waals surface area contributed by atoms with Gasteiger partial charge >= 0.3 is 0 Å². The Balaban J connectivity index is 1.69. The van der Waals surface area contributed by atoms with Gasteiger partial charge in [0, 0.05) is 5.69 Å². The molecule has 0 radical (unpaired) electrons. The van der Waals surface area contributed by atoms with Gasteiger partial charge in [0.1, 0.15) is 5.82 Å². The van der Waals surface area contributed by atoms with Crippen molar-refractivity contribution in [2.45, 2.75) is 5.25 Å². The molecule has 1 amide bonds. The fourth-order valence-corrected chi connectivity index (χ4v) is 3.84. The summed E-state index contributed by atoms with van der Waals surface area (Å²) in [5.74, 6) is -0.398. The average Bonchev–Trinajstić information content (AvgIpc) is 2.67. The van der Waals surface area contributed by atoms with Crippen LogP contribution in [0.3, 0.4) is 0 Å². The van der Waals surface area contributed by atoms with Crippen molar-refractivity contribution in [3.05, 3.63) is 101 Å². The molecule has 132 valence electrons. The number of amides is 1. The van der Waals surface area contributed by atoms with Gasteiger partial charge in [-0.25, -0.2) is 4.39 Å². The molecule has 3 aromatic rings. The van der Waals surface area contributed by atoms with Gasteiger partial charge in [0.25, 0.3) is 0 Å². The maximum absolute atomic E-state index is 13.2. The van der Waals surface area contributed by atoms with Gasteiger partial charge in [0.05, 0.1) is 16.0 Å². The van der Waals surface area contributed by atoms with E-state index in [2.05, 4.69) is 29.6 Å². The maximum atomic E-state index is 13.2. The molecular weight excluding hydrogens is 369 g/mol. The number of hydrogen-bond acceptors (Lipinski definition) is 2. The van der Waals surface area contributed by atoms with Gasteiger partial charge in [0.2, 0.25) is 5.91 Å². The molecule has 0 aliphatic rings. The molecule has 1 N–H and O–H groups in total. The lowest BCUT2D eigenvalue weighted by Gasteiger charge is -2.17. The Morgan fingerprint density at radius 3 is 2.08 bits per heavy atom. The van der Waals surface area contributed by atoms with Crippen molar-refractivity contribution in [3.8, 4) is 0 Å². The van der Waals surface area contributed by atoms with Crippen molar-refractivity contribution in [2.75, 3.05) is 11.1 Å². The van der Waals surface area contributed by atoms with Crippen molar-refractivity contribution < 1.29 is 9.18 Å². The number of thioether (sulfide) groups is 1. The molecule has 0 fully saturated rings. The monoisotopic (exact) mass is 385 g/mol. The van der Waals surface area contributed by atoms with E-state index in [1.807, 2.05) is 36.4 Å². The van der Waals surface area contributed by atoms with Crippen LogP contribution in [-0.2, 0) is 4.79 Å². The van der Waals surface area contributed by atoms with Crippen LogP contribution in [-0.4, -0.2) is 11.7 Å². The number of rotatable bonds is 6. The molecule has 0 bridgehead atoms. The first-order valence-electron chi connectivity index (χ1n) is 8.10. The maximum Gasteiger partial charge on any atom is 0.234 e. The van der Waals surface area contributed by atoms with E-state index in [1.165, 1.54) is 18.2 Å². The zero-order valence-electron chi connectivity index (χ0n) is 13.9. The molecule has 2 nitrogen and oxygen atoms in total. The van der Waals surface area contributed by atoms with Gasteiger partial charge in [-0.05, 0) is 29.3 Å². The summed E-state index contributed by atoms with van der Waals surface area (Å²) in [7, 11) is 0. The molecule has 0 aliphatic heterocycles. The summed E-state index contributed by atoms with van der Waals surface area (Å²) in [5.41, 5.74) is 2.76. The summed E-state index contributed by atoms with van der Waals surface area (Å²) < 4.78 is 13.2. The number of halogens is 2. The van der Waals surface area contributed by atoms with Crippen LogP contribution in [0.1, 0.15) is 16.4 Å². The Kier molecular flexibility index (Phi) is 6.31. The number of anilines is 1. The molecule has 0 unspecified atom stereocenters. The summed E-state index contributed by atoms with van der Waals surface area (Å²) >= 11 is 7.30. The first-order chi connectivity index (χ1) is 12.6. The van der Waals surface area contributed by atoms with E-state index in [9.17, 15) is 9.18 Å². The van der Waals surface area contributed by atoms with Crippen LogP contribution in [0.15, 0.2) is 78.9 Å². The minimum absolute atomic E-state index is 0.0121. The van der Waals surface area contributed by atoms with Crippen LogP contribution in [0.4, 0.5) is 10.1 Å². The minimum atomic E-state index is -0.507. The van der Waals surface area contributed by atoms with Crippen molar-refractivity contribution in [3.63, 3.8) is 0 Å². The van der Waals surface area contributed by atoms with E-state index in [0.29, 0.717) is 5.69 Å². The number of carbonyl (C=O) groups is 1. The van der Waals surface area contributed by atoms with Crippen LogP contribution in [0.25, 0.3) is 0 Å². The molecule has 0 spiro atoms. The van der Waals surface area contributed by atoms with Gasteiger partial charge in [-0.2, -0.15) is 0 Å². The summed E-state index contributed by atoms with van der Waals surface area (Å²) in [6, 6.07) is 24.3. The van der Waals surface area contributed by atoms with E-state index in [1.54, 1.807) is 11.8 Å². The second-order valence-electron chi connectivity index (χ2n) is 5.69. The Morgan fingerprint density at radius 2 is 1.54 bits per heavy atom. The highest BCUT2D eigenvalue weighted by atomic mass is 35.5. The fraction of sp³-hybridized carbons (Fsp3) is 0.0952. The summed E-state index contributed by atoms with van der Waals surface area (Å²) in [6.45, 7) is 0. The van der Waals surface area contributed by atoms with Gasteiger partial charge in [0.15, 0.2) is 0 Å². The second kappa shape index (κ2) is 8.88. The van der Waals surface area contributed by atoms with E-state index < -0.39 is 5.82 Å². The lowest BCUT2D eigenvalue weighted by molar-refractivity contribution is -0.113. The highest BCUT2D eigenvalue weighted by Crippen LogP contribution is 2.35. The molecular formula is C21H17ClFNOS. The highest BCUT2D eigenvalue weighted by molar-refractivity contribution is 8.00. The molecule has 0 heterocycles. The van der Waals surface area contributed by atoms with Crippen LogP contribution >= 0.6 is 23.4 Å². The lowest BCUT2D eigenvalue weighted by atomic mass is 10.0. The molecule has 0 atom stereocenters. The third-order valence-corrected chi connectivity index (χ3v) is 5.39.